The number of carbonyl (C=O) groups excluding carboxylic acids is 2. The van der Waals surface area contributed by atoms with Gasteiger partial charge in [-0.3, -0.25) is 9.59 Å². The molecule has 2 fully saturated rings. The molecule has 90 valence electrons. The quantitative estimate of drug-likeness (QED) is 0.707. The van der Waals surface area contributed by atoms with Crippen molar-refractivity contribution in [1.82, 2.24) is 10.2 Å². The van der Waals surface area contributed by atoms with Crippen LogP contribution in [0.2, 0.25) is 0 Å². The van der Waals surface area contributed by atoms with Crippen LogP contribution in [-0.4, -0.2) is 48.6 Å². The van der Waals surface area contributed by atoms with Crippen LogP contribution in [0.25, 0.3) is 0 Å². The van der Waals surface area contributed by atoms with Crippen LogP contribution in [0.15, 0.2) is 0 Å². The molecule has 0 saturated carbocycles. The van der Waals surface area contributed by atoms with E-state index < -0.39 is 0 Å². The summed E-state index contributed by atoms with van der Waals surface area (Å²) in [4.78, 5) is 24.9. The highest BCUT2D eigenvalue weighted by Gasteiger charge is 2.35. The van der Waals surface area contributed by atoms with Crippen molar-refractivity contribution in [1.29, 1.82) is 0 Å². The summed E-state index contributed by atoms with van der Waals surface area (Å²) in [6.07, 6.45) is 1.16. The number of hydrogen-bond acceptors (Lipinski definition) is 3. The Bertz CT molecular complexity index is 306. The van der Waals surface area contributed by atoms with Crippen LogP contribution in [0.4, 0.5) is 0 Å². The molecule has 2 amide bonds. The van der Waals surface area contributed by atoms with Gasteiger partial charge in [0.15, 0.2) is 0 Å². The average molecular weight is 226 g/mol. The topological polar surface area (TPSA) is 58.6 Å². The molecule has 3 unspecified atom stereocenters. The maximum Gasteiger partial charge on any atom is 0.242 e. The Morgan fingerprint density at radius 3 is 2.81 bits per heavy atom. The smallest absolute Gasteiger partial charge is 0.242 e. The van der Waals surface area contributed by atoms with E-state index in [0.29, 0.717) is 12.5 Å². The molecule has 0 aliphatic carbocycles. The first kappa shape index (κ1) is 11.4. The number of ether oxygens (including phenoxy) is 1. The number of hydrogen-bond donors (Lipinski definition) is 1. The zero-order valence-electron chi connectivity index (χ0n) is 9.73. The highest BCUT2D eigenvalue weighted by Crippen LogP contribution is 2.23. The zero-order valence-corrected chi connectivity index (χ0v) is 9.73. The van der Waals surface area contributed by atoms with Crippen LogP contribution in [0.5, 0.6) is 0 Å². The Hall–Kier alpha value is -1.10. The van der Waals surface area contributed by atoms with Crippen molar-refractivity contribution < 1.29 is 14.3 Å². The molecule has 0 aromatic rings. The minimum absolute atomic E-state index is 0.00574. The van der Waals surface area contributed by atoms with Gasteiger partial charge in [0.05, 0.1) is 12.6 Å². The molecule has 2 heterocycles. The van der Waals surface area contributed by atoms with E-state index in [4.69, 9.17) is 4.74 Å². The van der Waals surface area contributed by atoms with Gasteiger partial charge < -0.3 is 15.0 Å². The fourth-order valence-corrected chi connectivity index (χ4v) is 2.30. The molecule has 3 atom stereocenters. The van der Waals surface area contributed by atoms with Gasteiger partial charge in [-0.25, -0.2) is 0 Å². The van der Waals surface area contributed by atoms with Crippen molar-refractivity contribution >= 4 is 11.8 Å². The predicted octanol–water partition coefficient (Wildman–Crippen LogP) is -0.242. The van der Waals surface area contributed by atoms with Crippen molar-refractivity contribution in [2.75, 3.05) is 19.7 Å². The number of rotatable bonds is 2. The second kappa shape index (κ2) is 4.41. The molecule has 5 nitrogen and oxygen atoms in total. The average Bonchev–Trinajstić information content (AvgIpc) is 2.65. The third-order valence-electron chi connectivity index (χ3n) is 3.55. The van der Waals surface area contributed by atoms with E-state index in [2.05, 4.69) is 5.32 Å². The first-order chi connectivity index (χ1) is 7.59. The van der Waals surface area contributed by atoms with Gasteiger partial charge in [0.1, 0.15) is 6.04 Å². The van der Waals surface area contributed by atoms with E-state index in [1.54, 1.807) is 11.8 Å². The molecule has 2 aliphatic rings. The van der Waals surface area contributed by atoms with Gasteiger partial charge in [0.2, 0.25) is 11.8 Å². The van der Waals surface area contributed by atoms with Gasteiger partial charge in [0, 0.05) is 19.1 Å². The second-order valence-corrected chi connectivity index (χ2v) is 4.56. The first-order valence-corrected chi connectivity index (χ1v) is 5.78. The minimum atomic E-state index is -0.353. The standard InChI is InChI=1S/C11H18N2O3/c1-7-11(15)12-5-10(14)13(7)6-9-3-4-16-8(9)2/h7-9H,3-6H2,1-2H3,(H,12,15). The van der Waals surface area contributed by atoms with E-state index in [1.165, 1.54) is 0 Å². The molecule has 0 spiro atoms. The van der Waals surface area contributed by atoms with Crippen molar-refractivity contribution in [2.45, 2.75) is 32.4 Å². The number of nitrogens with one attached hydrogen (secondary N) is 1. The highest BCUT2D eigenvalue weighted by molar-refractivity contribution is 5.94. The number of nitrogens with zero attached hydrogens (tertiary/aromatic N) is 1. The molecule has 1 N–H and O–H groups in total. The summed E-state index contributed by atoms with van der Waals surface area (Å²) < 4.78 is 5.47. The fraction of sp³-hybridized carbons (Fsp3) is 0.818. The van der Waals surface area contributed by atoms with Crippen molar-refractivity contribution in [3.8, 4) is 0 Å². The van der Waals surface area contributed by atoms with E-state index in [9.17, 15) is 9.59 Å². The van der Waals surface area contributed by atoms with Crippen molar-refractivity contribution in [3.63, 3.8) is 0 Å². The summed E-state index contributed by atoms with van der Waals surface area (Å²) in [6.45, 7) is 5.32. The normalized spacial score (nSPS) is 35.4. The summed E-state index contributed by atoms with van der Waals surface area (Å²) in [5, 5.41) is 2.59. The van der Waals surface area contributed by atoms with E-state index in [1.807, 2.05) is 6.92 Å². The molecule has 16 heavy (non-hydrogen) atoms. The maximum absolute atomic E-state index is 11.7. The molecule has 0 bridgehead atoms. The summed E-state index contributed by atoms with van der Waals surface area (Å²) in [6, 6.07) is -0.353. The van der Waals surface area contributed by atoms with Crippen molar-refractivity contribution in [3.05, 3.63) is 0 Å². The highest BCUT2D eigenvalue weighted by atomic mass is 16.5. The van der Waals surface area contributed by atoms with Crippen LogP contribution in [0.3, 0.4) is 0 Å². The molecule has 0 aromatic carbocycles. The third kappa shape index (κ3) is 2.04. The monoisotopic (exact) mass is 226 g/mol. The van der Waals surface area contributed by atoms with Crippen LogP contribution >= 0.6 is 0 Å². The lowest BCUT2D eigenvalue weighted by Gasteiger charge is -2.35. The maximum atomic E-state index is 11.7. The summed E-state index contributed by atoms with van der Waals surface area (Å²) >= 11 is 0. The lowest BCUT2D eigenvalue weighted by Crippen LogP contribution is -2.58. The van der Waals surface area contributed by atoms with Gasteiger partial charge in [-0.2, -0.15) is 0 Å². The zero-order chi connectivity index (χ0) is 11.7. The van der Waals surface area contributed by atoms with E-state index >= 15 is 0 Å². The van der Waals surface area contributed by atoms with Gasteiger partial charge in [-0.05, 0) is 20.3 Å². The molecule has 2 aliphatic heterocycles. The summed E-state index contributed by atoms with van der Waals surface area (Å²) in [5.41, 5.74) is 0. The van der Waals surface area contributed by atoms with Gasteiger partial charge in [0.25, 0.3) is 0 Å². The Labute approximate surface area is 95.1 Å². The van der Waals surface area contributed by atoms with Crippen molar-refractivity contribution in [2.24, 2.45) is 5.92 Å². The largest absolute Gasteiger partial charge is 0.378 e. The van der Waals surface area contributed by atoms with Gasteiger partial charge in [-0.15, -0.1) is 0 Å². The summed E-state index contributed by atoms with van der Waals surface area (Å²) in [5.74, 6) is 0.301. The molecule has 5 heteroatoms. The molecule has 2 saturated heterocycles. The predicted molar refractivity (Wildman–Crippen MR) is 57.7 cm³/mol. The molecular weight excluding hydrogens is 208 g/mol. The number of carbonyl (C=O) groups is 2. The van der Waals surface area contributed by atoms with Gasteiger partial charge in [-0.1, -0.05) is 0 Å². The minimum Gasteiger partial charge on any atom is -0.378 e. The molecule has 0 aromatic heterocycles. The number of piperazine rings is 1. The Kier molecular flexibility index (Phi) is 3.14. The fourth-order valence-electron chi connectivity index (χ4n) is 2.30. The summed E-state index contributed by atoms with van der Waals surface area (Å²) in [7, 11) is 0. The Balaban J connectivity index is 2.01. The molecule has 2 rings (SSSR count). The van der Waals surface area contributed by atoms with Crippen LogP contribution in [0.1, 0.15) is 20.3 Å². The van der Waals surface area contributed by atoms with Gasteiger partial charge >= 0.3 is 0 Å². The van der Waals surface area contributed by atoms with Crippen LogP contribution < -0.4 is 5.32 Å². The second-order valence-electron chi connectivity index (χ2n) is 4.56. The van der Waals surface area contributed by atoms with E-state index in [0.717, 1.165) is 13.0 Å². The SMILES string of the molecule is CC1OCCC1CN1C(=O)CNC(=O)C1C. The lowest BCUT2D eigenvalue weighted by molar-refractivity contribution is -0.145. The van der Waals surface area contributed by atoms with Crippen LogP contribution in [0, 0.1) is 5.92 Å². The Morgan fingerprint density at radius 1 is 1.44 bits per heavy atom. The third-order valence-corrected chi connectivity index (χ3v) is 3.55. The number of amides is 2. The van der Waals surface area contributed by atoms with Crippen LogP contribution in [-0.2, 0) is 14.3 Å². The molecule has 0 radical (unpaired) electrons. The van der Waals surface area contributed by atoms with E-state index in [-0.39, 0.29) is 30.5 Å². The first-order valence-electron chi connectivity index (χ1n) is 5.78. The Morgan fingerprint density at radius 2 is 2.19 bits per heavy atom. The molecular formula is C11H18N2O3. The lowest BCUT2D eigenvalue weighted by atomic mass is 10.0.